The molecule has 0 aliphatic rings. The first kappa shape index (κ1) is 10.3. The van der Waals surface area contributed by atoms with E-state index in [2.05, 4.69) is 4.98 Å². The molecule has 1 unspecified atom stereocenters. The first-order valence-corrected chi connectivity index (χ1v) is 3.07. The molecule has 4 heteroatoms. The third-order valence-corrected chi connectivity index (χ3v) is 1.28. The first-order valence-electron chi connectivity index (χ1n) is 3.07. The largest absolute Gasteiger partial charge is 0.324 e. The van der Waals surface area contributed by atoms with Crippen LogP contribution in [0.1, 0.15) is 18.5 Å². The average Bonchev–Trinajstić information content (AvgIpc) is 1.88. The Morgan fingerprint density at radius 1 is 1.64 bits per heavy atom. The summed E-state index contributed by atoms with van der Waals surface area (Å²) in [6.07, 6.45) is 1.41. The van der Waals surface area contributed by atoms with Crippen LogP contribution in [-0.4, -0.2) is 4.98 Å². The summed E-state index contributed by atoms with van der Waals surface area (Å²) in [5.41, 5.74) is 6.26. The van der Waals surface area contributed by atoms with Gasteiger partial charge in [-0.3, -0.25) is 0 Å². The zero-order chi connectivity index (χ0) is 7.56. The van der Waals surface area contributed by atoms with Crippen LogP contribution in [0.3, 0.4) is 0 Å². The van der Waals surface area contributed by atoms with Gasteiger partial charge < -0.3 is 5.73 Å². The molecule has 0 radical (unpaired) electrons. The predicted molar refractivity (Wildman–Crippen MR) is 44.0 cm³/mol. The van der Waals surface area contributed by atoms with E-state index in [4.69, 9.17) is 5.73 Å². The second kappa shape index (κ2) is 4.26. The third kappa shape index (κ3) is 2.82. The van der Waals surface area contributed by atoms with Crippen LogP contribution in [0.4, 0.5) is 4.39 Å². The number of aromatic nitrogens is 1. The van der Waals surface area contributed by atoms with E-state index < -0.39 is 5.95 Å². The van der Waals surface area contributed by atoms with Crippen molar-refractivity contribution in [2.45, 2.75) is 13.0 Å². The molecule has 0 aliphatic heterocycles. The van der Waals surface area contributed by atoms with Gasteiger partial charge in [0.15, 0.2) is 0 Å². The van der Waals surface area contributed by atoms with Crippen molar-refractivity contribution in [1.29, 1.82) is 0 Å². The molecule has 2 nitrogen and oxygen atoms in total. The molecule has 0 spiro atoms. The number of hydrogen-bond acceptors (Lipinski definition) is 2. The molecule has 2 N–H and O–H groups in total. The summed E-state index contributed by atoms with van der Waals surface area (Å²) in [6.45, 7) is 1.80. The van der Waals surface area contributed by atoms with Gasteiger partial charge in [0.25, 0.3) is 0 Å². The number of nitrogens with two attached hydrogens (primary N) is 1. The minimum absolute atomic E-state index is 0. The van der Waals surface area contributed by atoms with Crippen molar-refractivity contribution in [3.8, 4) is 0 Å². The standard InChI is InChI=1S/C7H9FN2.ClH/c1-5(9)6-2-3-10-7(8)4-6;/h2-5H,9H2,1H3;1H. The maximum atomic E-state index is 12.4. The van der Waals surface area contributed by atoms with Gasteiger partial charge in [-0.1, -0.05) is 0 Å². The molecule has 1 aromatic heterocycles. The lowest BCUT2D eigenvalue weighted by atomic mass is 10.1. The molecule has 11 heavy (non-hydrogen) atoms. The number of rotatable bonds is 1. The van der Waals surface area contributed by atoms with Crippen LogP contribution in [0.2, 0.25) is 0 Å². The van der Waals surface area contributed by atoms with E-state index in [1.807, 2.05) is 0 Å². The lowest BCUT2D eigenvalue weighted by molar-refractivity contribution is 0.578. The van der Waals surface area contributed by atoms with Gasteiger partial charge in [0, 0.05) is 12.2 Å². The summed E-state index contributed by atoms with van der Waals surface area (Å²) < 4.78 is 12.4. The maximum Gasteiger partial charge on any atom is 0.213 e. The second-order valence-corrected chi connectivity index (χ2v) is 2.20. The molecule has 62 valence electrons. The highest BCUT2D eigenvalue weighted by molar-refractivity contribution is 5.85. The zero-order valence-corrected chi connectivity index (χ0v) is 6.94. The fourth-order valence-electron chi connectivity index (χ4n) is 0.701. The van der Waals surface area contributed by atoms with E-state index in [1.54, 1.807) is 13.0 Å². The second-order valence-electron chi connectivity index (χ2n) is 2.20. The van der Waals surface area contributed by atoms with Crippen LogP contribution < -0.4 is 5.73 Å². The van der Waals surface area contributed by atoms with Gasteiger partial charge in [-0.25, -0.2) is 4.98 Å². The molecule has 0 bridgehead atoms. The van der Waals surface area contributed by atoms with Crippen LogP contribution in [0.15, 0.2) is 18.3 Å². The van der Waals surface area contributed by atoms with E-state index in [9.17, 15) is 4.39 Å². The predicted octanol–water partition coefficient (Wildman–Crippen LogP) is 1.66. The Kier molecular flexibility index (Phi) is 4.00. The number of hydrogen-bond donors (Lipinski definition) is 1. The summed E-state index contributed by atoms with van der Waals surface area (Å²) >= 11 is 0. The Hall–Kier alpha value is -0.670. The maximum absolute atomic E-state index is 12.4. The van der Waals surface area contributed by atoms with Gasteiger partial charge in [0.2, 0.25) is 5.95 Å². The van der Waals surface area contributed by atoms with Crippen LogP contribution in [0.5, 0.6) is 0 Å². The highest BCUT2D eigenvalue weighted by atomic mass is 35.5. The van der Waals surface area contributed by atoms with Gasteiger partial charge in [-0.2, -0.15) is 4.39 Å². The third-order valence-electron chi connectivity index (χ3n) is 1.28. The minimum atomic E-state index is -0.477. The molecule has 0 aliphatic carbocycles. The summed E-state index contributed by atoms with van der Waals surface area (Å²) in [7, 11) is 0. The van der Waals surface area contributed by atoms with Crippen molar-refractivity contribution < 1.29 is 4.39 Å². The molecule has 1 atom stereocenters. The first-order chi connectivity index (χ1) is 4.70. The lowest BCUT2D eigenvalue weighted by Crippen LogP contribution is -2.05. The fourth-order valence-corrected chi connectivity index (χ4v) is 0.701. The SMILES string of the molecule is CC(N)c1ccnc(F)c1.Cl. The fraction of sp³-hybridized carbons (Fsp3) is 0.286. The highest BCUT2D eigenvalue weighted by Gasteiger charge is 1.99. The Bertz CT molecular complexity index is 227. The van der Waals surface area contributed by atoms with E-state index in [-0.39, 0.29) is 18.4 Å². The summed E-state index contributed by atoms with van der Waals surface area (Å²) in [6, 6.07) is 2.91. The van der Waals surface area contributed by atoms with Gasteiger partial charge in [0.05, 0.1) is 0 Å². The van der Waals surface area contributed by atoms with E-state index in [0.29, 0.717) is 0 Å². The smallest absolute Gasteiger partial charge is 0.213 e. The monoisotopic (exact) mass is 176 g/mol. The van der Waals surface area contributed by atoms with Gasteiger partial charge >= 0.3 is 0 Å². The average molecular weight is 177 g/mol. The molecule has 0 amide bonds. The summed E-state index contributed by atoms with van der Waals surface area (Å²) in [5, 5.41) is 0. The zero-order valence-electron chi connectivity index (χ0n) is 6.12. The molecule has 0 saturated carbocycles. The van der Waals surface area contributed by atoms with Gasteiger partial charge in [-0.05, 0) is 24.6 Å². The lowest BCUT2D eigenvalue weighted by Gasteiger charge is -2.02. The normalized spacial score (nSPS) is 11.9. The van der Waals surface area contributed by atoms with E-state index in [0.717, 1.165) is 5.56 Å². The van der Waals surface area contributed by atoms with E-state index >= 15 is 0 Å². The number of pyridine rings is 1. The molecule has 1 heterocycles. The molecular weight excluding hydrogens is 167 g/mol. The molecule has 0 aromatic carbocycles. The summed E-state index contributed by atoms with van der Waals surface area (Å²) in [5.74, 6) is -0.477. The van der Waals surface area contributed by atoms with Crippen molar-refractivity contribution in [3.63, 3.8) is 0 Å². The van der Waals surface area contributed by atoms with Crippen molar-refractivity contribution in [2.24, 2.45) is 5.73 Å². The Morgan fingerprint density at radius 2 is 2.27 bits per heavy atom. The molecule has 1 rings (SSSR count). The number of nitrogens with zero attached hydrogens (tertiary/aromatic N) is 1. The quantitative estimate of drug-likeness (QED) is 0.661. The topological polar surface area (TPSA) is 38.9 Å². The minimum Gasteiger partial charge on any atom is -0.324 e. The molecular formula is C7H10ClFN2. The Balaban J connectivity index is 0.000001000. The highest BCUT2D eigenvalue weighted by Crippen LogP contribution is 2.07. The van der Waals surface area contributed by atoms with Crippen LogP contribution in [0.25, 0.3) is 0 Å². The van der Waals surface area contributed by atoms with E-state index in [1.165, 1.54) is 12.3 Å². The summed E-state index contributed by atoms with van der Waals surface area (Å²) in [4.78, 5) is 3.40. The van der Waals surface area contributed by atoms with Crippen molar-refractivity contribution in [2.75, 3.05) is 0 Å². The van der Waals surface area contributed by atoms with Gasteiger partial charge in [0.1, 0.15) is 0 Å². The van der Waals surface area contributed by atoms with Crippen molar-refractivity contribution in [3.05, 3.63) is 29.8 Å². The van der Waals surface area contributed by atoms with Crippen LogP contribution in [0, 0.1) is 5.95 Å². The van der Waals surface area contributed by atoms with Gasteiger partial charge in [-0.15, -0.1) is 12.4 Å². The van der Waals surface area contributed by atoms with Crippen LogP contribution >= 0.6 is 12.4 Å². The molecule has 1 aromatic rings. The van der Waals surface area contributed by atoms with Crippen LogP contribution in [-0.2, 0) is 0 Å². The Labute approximate surface area is 71.0 Å². The molecule has 0 fully saturated rings. The number of halogens is 2. The Morgan fingerprint density at radius 3 is 2.64 bits per heavy atom. The van der Waals surface area contributed by atoms with Crippen molar-refractivity contribution in [1.82, 2.24) is 4.98 Å². The molecule has 0 saturated heterocycles. The van der Waals surface area contributed by atoms with Crippen molar-refractivity contribution >= 4 is 12.4 Å².